The molecule has 24 heavy (non-hydrogen) atoms. The average molecular weight is 363 g/mol. The minimum absolute atomic E-state index is 0.117. The fourth-order valence-corrected chi connectivity index (χ4v) is 2.58. The highest BCUT2D eigenvalue weighted by Gasteiger charge is 2.14. The summed E-state index contributed by atoms with van der Waals surface area (Å²) < 4.78 is 7.69. The van der Waals surface area contributed by atoms with Crippen molar-refractivity contribution in [1.82, 2.24) is 15.0 Å². The average Bonchev–Trinajstić information content (AvgIpc) is 3.12. The van der Waals surface area contributed by atoms with Gasteiger partial charge in [0, 0.05) is 11.6 Å². The summed E-state index contributed by atoms with van der Waals surface area (Å²) in [5, 5.41) is 8.77. The first-order chi connectivity index (χ1) is 11.6. The Morgan fingerprint density at radius 2 is 2.00 bits per heavy atom. The molecule has 0 radical (unpaired) electrons. The number of nitrogens with zero attached hydrogens (tertiary/aromatic N) is 3. The van der Waals surface area contributed by atoms with Crippen molar-refractivity contribution in [2.75, 3.05) is 6.54 Å². The first kappa shape index (κ1) is 16.8. The van der Waals surface area contributed by atoms with Gasteiger partial charge in [-0.2, -0.15) is 0 Å². The highest BCUT2D eigenvalue weighted by atomic mass is 35.5. The van der Waals surface area contributed by atoms with E-state index in [9.17, 15) is 0 Å². The van der Waals surface area contributed by atoms with Crippen LogP contribution in [0.1, 0.15) is 18.4 Å². The predicted molar refractivity (Wildman–Crippen MR) is 95.4 cm³/mol. The van der Waals surface area contributed by atoms with E-state index in [1.807, 2.05) is 25.1 Å². The number of hydrogen-bond acceptors (Lipinski definition) is 4. The van der Waals surface area contributed by atoms with Crippen molar-refractivity contribution in [3.8, 4) is 17.2 Å². The zero-order valence-electron chi connectivity index (χ0n) is 13.0. The number of ether oxygens (including phenoxy) is 1. The number of aromatic nitrogens is 3. The Morgan fingerprint density at radius 1 is 1.17 bits per heavy atom. The number of nitrogens with two attached hydrogens (primary N) is 1. The molecule has 0 aliphatic heterocycles. The summed E-state index contributed by atoms with van der Waals surface area (Å²) in [6.45, 7) is 2.54. The first-order valence-electron chi connectivity index (χ1n) is 7.42. The molecule has 3 aromatic rings. The fourth-order valence-electron chi connectivity index (χ4n) is 2.30. The van der Waals surface area contributed by atoms with Crippen LogP contribution in [-0.2, 0) is 0 Å². The lowest BCUT2D eigenvalue weighted by molar-refractivity contribution is 0.471. The van der Waals surface area contributed by atoms with Gasteiger partial charge in [0.15, 0.2) is 0 Å². The van der Waals surface area contributed by atoms with Gasteiger partial charge >= 0.3 is 0 Å². The second kappa shape index (κ2) is 7.21. The topological polar surface area (TPSA) is 66.0 Å². The van der Waals surface area contributed by atoms with Gasteiger partial charge in [-0.3, -0.25) is 0 Å². The number of rotatable bonds is 5. The first-order valence-corrected chi connectivity index (χ1v) is 8.17. The molecule has 1 unspecified atom stereocenters. The summed E-state index contributed by atoms with van der Waals surface area (Å²) in [5.41, 5.74) is 7.73. The van der Waals surface area contributed by atoms with Gasteiger partial charge < -0.3 is 10.5 Å². The summed E-state index contributed by atoms with van der Waals surface area (Å²) in [6.07, 6.45) is 3.41. The fraction of sp³-hybridized carbons (Fsp3) is 0.176. The Balaban J connectivity index is 1.98. The Bertz CT molecular complexity index is 837. The molecule has 0 aliphatic carbocycles. The molecule has 0 aliphatic rings. The number of halogens is 2. The molecule has 0 bridgehead atoms. The molecule has 5 nitrogen and oxygen atoms in total. The normalized spacial score (nSPS) is 12.2. The maximum absolute atomic E-state index is 6.05. The summed E-state index contributed by atoms with van der Waals surface area (Å²) >= 11 is 12.0. The van der Waals surface area contributed by atoms with E-state index < -0.39 is 0 Å². The molecular formula is C17H16Cl2N4O. The Kier molecular flexibility index (Phi) is 5.04. The van der Waals surface area contributed by atoms with Crippen LogP contribution in [0.15, 0.2) is 48.8 Å². The quantitative estimate of drug-likeness (QED) is 0.728. The summed E-state index contributed by atoms with van der Waals surface area (Å²) in [5.74, 6) is 1.45. The summed E-state index contributed by atoms with van der Waals surface area (Å²) in [4.78, 5) is 0. The van der Waals surface area contributed by atoms with Gasteiger partial charge in [-0.15, -0.1) is 5.10 Å². The molecule has 124 valence electrons. The predicted octanol–water partition coefficient (Wildman–Crippen LogP) is 4.43. The lowest BCUT2D eigenvalue weighted by Crippen LogP contribution is -2.10. The lowest BCUT2D eigenvalue weighted by atomic mass is 9.99. The van der Waals surface area contributed by atoms with Gasteiger partial charge in [-0.1, -0.05) is 35.3 Å². The van der Waals surface area contributed by atoms with Crippen molar-refractivity contribution in [2.45, 2.75) is 12.8 Å². The second-order valence-electron chi connectivity index (χ2n) is 5.38. The molecule has 1 aromatic heterocycles. The van der Waals surface area contributed by atoms with E-state index in [1.165, 1.54) is 0 Å². The van der Waals surface area contributed by atoms with Gasteiger partial charge in [-0.25, -0.2) is 4.68 Å². The largest absolute Gasteiger partial charge is 0.457 e. The number of hydrogen-bond donors (Lipinski definition) is 1. The molecule has 2 aromatic carbocycles. The van der Waals surface area contributed by atoms with Crippen LogP contribution in [0.2, 0.25) is 10.0 Å². The summed E-state index contributed by atoms with van der Waals surface area (Å²) in [7, 11) is 0. The molecule has 2 N–H and O–H groups in total. The maximum Gasteiger partial charge on any atom is 0.131 e. The van der Waals surface area contributed by atoms with Crippen LogP contribution in [-0.4, -0.2) is 21.5 Å². The van der Waals surface area contributed by atoms with Crippen LogP contribution in [0.4, 0.5) is 0 Å². The zero-order chi connectivity index (χ0) is 17.1. The van der Waals surface area contributed by atoms with Gasteiger partial charge in [0.25, 0.3) is 0 Å². The third kappa shape index (κ3) is 3.53. The number of benzene rings is 2. The van der Waals surface area contributed by atoms with Crippen molar-refractivity contribution in [2.24, 2.45) is 5.73 Å². The standard InChI is InChI=1S/C17H16Cl2N4O/c1-11(10-20)14-8-12(23-7-6-21-22-23)2-5-17(14)24-13-3-4-15(18)16(19)9-13/h2-9,11H,10,20H2,1H3. The van der Waals surface area contributed by atoms with Gasteiger partial charge in [0.05, 0.1) is 28.1 Å². The van der Waals surface area contributed by atoms with Crippen LogP contribution < -0.4 is 10.5 Å². The molecule has 1 atom stereocenters. The van der Waals surface area contributed by atoms with Crippen molar-refractivity contribution in [3.05, 3.63) is 64.4 Å². The van der Waals surface area contributed by atoms with E-state index >= 15 is 0 Å². The maximum atomic E-state index is 6.05. The lowest BCUT2D eigenvalue weighted by Gasteiger charge is -2.17. The second-order valence-corrected chi connectivity index (χ2v) is 6.20. The highest BCUT2D eigenvalue weighted by Crippen LogP contribution is 2.34. The molecule has 7 heteroatoms. The minimum Gasteiger partial charge on any atom is -0.457 e. The molecule has 0 saturated carbocycles. The van der Waals surface area contributed by atoms with E-state index in [-0.39, 0.29) is 5.92 Å². The van der Waals surface area contributed by atoms with Crippen LogP contribution in [0.5, 0.6) is 11.5 Å². The zero-order valence-corrected chi connectivity index (χ0v) is 14.5. The molecule has 0 amide bonds. The molecular weight excluding hydrogens is 347 g/mol. The Hall–Kier alpha value is -2.08. The van der Waals surface area contributed by atoms with Crippen molar-refractivity contribution < 1.29 is 4.74 Å². The highest BCUT2D eigenvalue weighted by molar-refractivity contribution is 6.42. The van der Waals surface area contributed by atoms with Gasteiger partial charge in [0.1, 0.15) is 11.5 Å². The third-order valence-electron chi connectivity index (χ3n) is 3.68. The van der Waals surface area contributed by atoms with Gasteiger partial charge in [-0.05, 0) is 42.8 Å². The SMILES string of the molecule is CC(CN)c1cc(-n2ccnn2)ccc1Oc1ccc(Cl)c(Cl)c1. The van der Waals surface area contributed by atoms with Crippen LogP contribution in [0, 0.1) is 0 Å². The Morgan fingerprint density at radius 3 is 2.67 bits per heavy atom. The smallest absolute Gasteiger partial charge is 0.131 e. The molecule has 0 spiro atoms. The van der Waals surface area contributed by atoms with E-state index in [1.54, 1.807) is 35.3 Å². The molecule has 0 saturated heterocycles. The monoisotopic (exact) mass is 362 g/mol. The van der Waals surface area contributed by atoms with E-state index in [2.05, 4.69) is 10.3 Å². The van der Waals surface area contributed by atoms with Gasteiger partial charge in [0.2, 0.25) is 0 Å². The van der Waals surface area contributed by atoms with Crippen LogP contribution >= 0.6 is 23.2 Å². The molecule has 0 fully saturated rings. The van der Waals surface area contributed by atoms with Crippen LogP contribution in [0.25, 0.3) is 5.69 Å². The van der Waals surface area contributed by atoms with E-state index in [0.717, 1.165) is 17.0 Å². The van der Waals surface area contributed by atoms with Crippen molar-refractivity contribution >= 4 is 23.2 Å². The molecule has 1 heterocycles. The van der Waals surface area contributed by atoms with Crippen LogP contribution in [0.3, 0.4) is 0 Å². The third-order valence-corrected chi connectivity index (χ3v) is 4.42. The van der Waals surface area contributed by atoms with Crippen molar-refractivity contribution in [3.63, 3.8) is 0 Å². The minimum atomic E-state index is 0.117. The van der Waals surface area contributed by atoms with E-state index in [0.29, 0.717) is 22.3 Å². The summed E-state index contributed by atoms with van der Waals surface area (Å²) in [6, 6.07) is 11.0. The van der Waals surface area contributed by atoms with Crippen molar-refractivity contribution in [1.29, 1.82) is 0 Å². The van der Waals surface area contributed by atoms with E-state index in [4.69, 9.17) is 33.7 Å². The molecule has 3 rings (SSSR count). The Labute approximate surface area is 149 Å².